The average molecular weight is 380 g/mol. The van der Waals surface area contributed by atoms with E-state index in [0.29, 0.717) is 0 Å². The van der Waals surface area contributed by atoms with Crippen LogP contribution in [0.3, 0.4) is 0 Å². The van der Waals surface area contributed by atoms with Crippen LogP contribution in [-0.2, 0) is 9.53 Å². The molecule has 0 saturated heterocycles. The monoisotopic (exact) mass is 380 g/mol. The fraction of sp³-hybridized carbons (Fsp3) is 0.105. The Hall–Kier alpha value is -4.01. The molecule has 9 nitrogen and oxygen atoms in total. The number of ether oxygens (including phenoxy) is 1. The van der Waals surface area contributed by atoms with Gasteiger partial charge in [0.15, 0.2) is 6.10 Å². The normalized spacial score (nSPS) is 11.5. The van der Waals surface area contributed by atoms with Gasteiger partial charge in [-0.1, -0.05) is 6.07 Å². The number of nitrogens with one attached hydrogen (secondary N) is 1. The minimum Gasteiger partial charge on any atom is -0.449 e. The zero-order chi connectivity index (χ0) is 20.1. The molecule has 142 valence electrons. The summed E-state index contributed by atoms with van der Waals surface area (Å²) in [6.45, 7) is 1.42. The largest absolute Gasteiger partial charge is 0.449 e. The van der Waals surface area contributed by atoms with Crippen LogP contribution in [0.2, 0.25) is 0 Å². The highest BCUT2D eigenvalue weighted by molar-refractivity contribution is 5.97. The molecule has 0 aliphatic rings. The Morgan fingerprint density at radius 3 is 2.57 bits per heavy atom. The van der Waals surface area contributed by atoms with E-state index in [-0.39, 0.29) is 16.9 Å². The molecule has 1 unspecified atom stereocenters. The van der Waals surface area contributed by atoms with Crippen molar-refractivity contribution in [3.63, 3.8) is 0 Å². The Morgan fingerprint density at radius 2 is 1.93 bits per heavy atom. The second kappa shape index (κ2) is 8.12. The molecule has 3 rings (SSSR count). The molecule has 0 aliphatic heterocycles. The van der Waals surface area contributed by atoms with Crippen LogP contribution in [0.5, 0.6) is 0 Å². The number of non-ortho nitro benzene ring substituents is 1. The highest BCUT2D eigenvalue weighted by atomic mass is 16.6. The van der Waals surface area contributed by atoms with Crippen molar-refractivity contribution in [2.45, 2.75) is 13.0 Å². The van der Waals surface area contributed by atoms with Crippen molar-refractivity contribution < 1.29 is 19.2 Å². The van der Waals surface area contributed by atoms with Gasteiger partial charge in [0.25, 0.3) is 11.6 Å². The number of esters is 1. The first kappa shape index (κ1) is 18.8. The van der Waals surface area contributed by atoms with E-state index in [0.717, 1.165) is 5.69 Å². The maximum Gasteiger partial charge on any atom is 0.338 e. The van der Waals surface area contributed by atoms with Crippen LogP contribution in [-0.4, -0.2) is 32.7 Å². The van der Waals surface area contributed by atoms with Crippen molar-refractivity contribution in [2.24, 2.45) is 0 Å². The Labute approximate surface area is 159 Å². The standard InChI is InChI=1S/C19H16N4O5/c1-13(18(24)21-15-4-2-5-17(12-15)23(26)27)28-19(25)14-6-8-16(9-7-14)22-11-3-10-20-22/h2-13H,1H3,(H,21,24). The van der Waals surface area contributed by atoms with Gasteiger partial charge in [0.05, 0.1) is 16.2 Å². The molecule has 1 aromatic heterocycles. The lowest BCUT2D eigenvalue weighted by Crippen LogP contribution is -2.30. The molecular formula is C19H16N4O5. The van der Waals surface area contributed by atoms with E-state index in [1.807, 2.05) is 0 Å². The van der Waals surface area contributed by atoms with Crippen LogP contribution in [0.15, 0.2) is 67.0 Å². The number of carbonyl (C=O) groups is 2. The van der Waals surface area contributed by atoms with E-state index in [1.165, 1.54) is 31.2 Å². The summed E-state index contributed by atoms with van der Waals surface area (Å²) < 4.78 is 6.81. The number of benzene rings is 2. The summed E-state index contributed by atoms with van der Waals surface area (Å²) in [5.41, 5.74) is 1.15. The molecule has 2 aromatic carbocycles. The molecule has 28 heavy (non-hydrogen) atoms. The molecule has 1 N–H and O–H groups in total. The third-order valence-electron chi connectivity index (χ3n) is 3.85. The molecule has 0 bridgehead atoms. The Balaban J connectivity index is 1.61. The molecule has 3 aromatic rings. The smallest absolute Gasteiger partial charge is 0.338 e. The molecule has 0 fully saturated rings. The number of amides is 1. The van der Waals surface area contributed by atoms with Gasteiger partial charge in [-0.05, 0) is 43.3 Å². The number of carbonyl (C=O) groups excluding carboxylic acids is 2. The molecule has 1 amide bonds. The zero-order valence-electron chi connectivity index (χ0n) is 14.8. The predicted octanol–water partition coefficient (Wildman–Crippen LogP) is 2.96. The predicted molar refractivity (Wildman–Crippen MR) is 100 cm³/mol. The molecule has 0 aliphatic carbocycles. The highest BCUT2D eigenvalue weighted by Gasteiger charge is 2.20. The number of hydrogen-bond donors (Lipinski definition) is 1. The van der Waals surface area contributed by atoms with Crippen LogP contribution < -0.4 is 5.32 Å². The first-order chi connectivity index (χ1) is 13.4. The minimum atomic E-state index is -1.09. The number of nitrogens with zero attached hydrogens (tertiary/aromatic N) is 3. The van der Waals surface area contributed by atoms with Gasteiger partial charge in [-0.2, -0.15) is 5.10 Å². The number of aromatic nitrogens is 2. The number of hydrogen-bond acceptors (Lipinski definition) is 6. The third-order valence-corrected chi connectivity index (χ3v) is 3.85. The van der Waals surface area contributed by atoms with Crippen molar-refractivity contribution in [3.05, 3.63) is 82.7 Å². The van der Waals surface area contributed by atoms with Gasteiger partial charge in [0.1, 0.15) is 0 Å². The Bertz CT molecular complexity index is 999. The lowest BCUT2D eigenvalue weighted by molar-refractivity contribution is -0.384. The average Bonchev–Trinajstić information content (AvgIpc) is 3.23. The Morgan fingerprint density at radius 1 is 1.18 bits per heavy atom. The molecule has 9 heteroatoms. The highest BCUT2D eigenvalue weighted by Crippen LogP contribution is 2.17. The second-order valence-electron chi connectivity index (χ2n) is 5.84. The fourth-order valence-corrected chi connectivity index (χ4v) is 2.40. The first-order valence-corrected chi connectivity index (χ1v) is 8.30. The third kappa shape index (κ3) is 4.39. The number of nitro benzene ring substituents is 1. The van der Waals surface area contributed by atoms with Crippen LogP contribution >= 0.6 is 0 Å². The zero-order valence-corrected chi connectivity index (χ0v) is 14.8. The van der Waals surface area contributed by atoms with Crippen molar-refractivity contribution >= 4 is 23.3 Å². The lowest BCUT2D eigenvalue weighted by atomic mass is 10.2. The number of rotatable bonds is 6. The first-order valence-electron chi connectivity index (χ1n) is 8.30. The van der Waals surface area contributed by atoms with Crippen LogP contribution in [0.1, 0.15) is 17.3 Å². The van der Waals surface area contributed by atoms with Crippen LogP contribution in [0.25, 0.3) is 5.69 Å². The molecule has 0 saturated carbocycles. The van der Waals surface area contributed by atoms with Crippen molar-refractivity contribution in [2.75, 3.05) is 5.32 Å². The minimum absolute atomic E-state index is 0.153. The van der Waals surface area contributed by atoms with E-state index in [4.69, 9.17) is 4.74 Å². The number of anilines is 1. The fourth-order valence-electron chi connectivity index (χ4n) is 2.40. The summed E-state index contributed by atoms with van der Waals surface area (Å²) >= 11 is 0. The van der Waals surface area contributed by atoms with Crippen molar-refractivity contribution in [3.8, 4) is 5.69 Å². The SMILES string of the molecule is CC(OC(=O)c1ccc(-n2cccn2)cc1)C(=O)Nc1cccc([N+](=O)[O-])c1. The summed E-state index contributed by atoms with van der Waals surface area (Å²) in [4.78, 5) is 34.7. The summed E-state index contributed by atoms with van der Waals surface area (Å²) in [6.07, 6.45) is 2.33. The Kier molecular flexibility index (Phi) is 5.45. The van der Waals surface area contributed by atoms with Crippen molar-refractivity contribution in [1.82, 2.24) is 9.78 Å². The van der Waals surface area contributed by atoms with E-state index in [2.05, 4.69) is 10.4 Å². The summed E-state index contributed by atoms with van der Waals surface area (Å²) in [7, 11) is 0. The van der Waals surface area contributed by atoms with Gasteiger partial charge in [0.2, 0.25) is 0 Å². The van der Waals surface area contributed by atoms with E-state index >= 15 is 0 Å². The molecule has 1 atom stereocenters. The van der Waals surface area contributed by atoms with Gasteiger partial charge in [-0.15, -0.1) is 0 Å². The van der Waals surface area contributed by atoms with Gasteiger partial charge in [-0.3, -0.25) is 14.9 Å². The second-order valence-corrected chi connectivity index (χ2v) is 5.84. The maximum absolute atomic E-state index is 12.2. The quantitative estimate of drug-likeness (QED) is 0.399. The summed E-state index contributed by atoms with van der Waals surface area (Å²) in [6, 6.07) is 13.8. The molecule has 1 heterocycles. The molecular weight excluding hydrogens is 364 g/mol. The van der Waals surface area contributed by atoms with E-state index in [9.17, 15) is 19.7 Å². The van der Waals surface area contributed by atoms with Crippen LogP contribution in [0.4, 0.5) is 11.4 Å². The van der Waals surface area contributed by atoms with Gasteiger partial charge >= 0.3 is 5.97 Å². The summed E-state index contributed by atoms with van der Waals surface area (Å²) in [5.74, 6) is -1.25. The molecule has 0 spiro atoms. The van der Waals surface area contributed by atoms with Gasteiger partial charge in [-0.25, -0.2) is 9.48 Å². The number of nitro groups is 1. The summed E-state index contributed by atoms with van der Waals surface area (Å²) in [5, 5.41) is 17.4. The van der Waals surface area contributed by atoms with Crippen molar-refractivity contribution in [1.29, 1.82) is 0 Å². The topological polar surface area (TPSA) is 116 Å². The maximum atomic E-state index is 12.2. The van der Waals surface area contributed by atoms with Gasteiger partial charge < -0.3 is 10.1 Å². The van der Waals surface area contributed by atoms with Gasteiger partial charge in [0, 0.05) is 30.2 Å². The van der Waals surface area contributed by atoms with Crippen LogP contribution in [0, 0.1) is 10.1 Å². The molecule has 0 radical (unpaired) electrons. The van der Waals surface area contributed by atoms with E-state index in [1.54, 1.807) is 47.4 Å². The lowest BCUT2D eigenvalue weighted by Gasteiger charge is -2.13. The van der Waals surface area contributed by atoms with E-state index < -0.39 is 22.9 Å².